The van der Waals surface area contributed by atoms with Crippen LogP contribution in [0.2, 0.25) is 0 Å². The molecule has 3 aromatic rings. The molecule has 1 aliphatic rings. The molecule has 2 amide bonds. The fourth-order valence-electron chi connectivity index (χ4n) is 4.07. The molecular formula is C27H29FN4O3. The first-order valence-electron chi connectivity index (χ1n) is 11.7. The van der Waals surface area contributed by atoms with Crippen molar-refractivity contribution in [2.45, 2.75) is 26.4 Å². The van der Waals surface area contributed by atoms with Crippen LogP contribution in [0.15, 0.2) is 71.8 Å². The number of benzene rings is 2. The summed E-state index contributed by atoms with van der Waals surface area (Å²) >= 11 is 0. The first-order valence-corrected chi connectivity index (χ1v) is 11.7. The Bertz CT molecular complexity index is 1250. The van der Waals surface area contributed by atoms with Gasteiger partial charge in [0.2, 0.25) is 5.43 Å². The SMILES string of the molecule is CC(C)n1cc(C(=O)NCc2ccccc2)c(=O)c(C(=O)N2CCN(c3ccc(F)cc3)CC2)c1. The lowest BCUT2D eigenvalue weighted by Gasteiger charge is -2.36. The molecular weight excluding hydrogens is 447 g/mol. The van der Waals surface area contributed by atoms with E-state index in [9.17, 15) is 18.8 Å². The molecule has 182 valence electrons. The summed E-state index contributed by atoms with van der Waals surface area (Å²) in [4.78, 5) is 43.2. The lowest BCUT2D eigenvalue weighted by atomic mass is 10.1. The Kier molecular flexibility index (Phi) is 7.29. The second kappa shape index (κ2) is 10.5. The Hall–Kier alpha value is -3.94. The normalized spacial score (nSPS) is 13.7. The van der Waals surface area contributed by atoms with Crippen LogP contribution in [-0.4, -0.2) is 47.5 Å². The largest absolute Gasteiger partial charge is 0.368 e. The predicted molar refractivity (Wildman–Crippen MR) is 133 cm³/mol. The van der Waals surface area contributed by atoms with E-state index in [1.165, 1.54) is 24.5 Å². The molecule has 1 N–H and O–H groups in total. The highest BCUT2D eigenvalue weighted by molar-refractivity contribution is 5.99. The number of piperazine rings is 1. The smallest absolute Gasteiger partial charge is 0.259 e. The van der Waals surface area contributed by atoms with Crippen molar-refractivity contribution in [2.75, 3.05) is 31.1 Å². The molecule has 7 nitrogen and oxygen atoms in total. The second-order valence-electron chi connectivity index (χ2n) is 8.88. The Morgan fingerprint density at radius 2 is 1.54 bits per heavy atom. The zero-order valence-electron chi connectivity index (χ0n) is 19.9. The average molecular weight is 477 g/mol. The van der Waals surface area contributed by atoms with Crippen molar-refractivity contribution < 1.29 is 14.0 Å². The molecule has 2 heterocycles. The topological polar surface area (TPSA) is 74.6 Å². The minimum absolute atomic E-state index is 0.0127. The first-order chi connectivity index (χ1) is 16.8. The van der Waals surface area contributed by atoms with Crippen LogP contribution in [-0.2, 0) is 6.54 Å². The Morgan fingerprint density at radius 3 is 2.17 bits per heavy atom. The van der Waals surface area contributed by atoms with Crippen molar-refractivity contribution in [3.63, 3.8) is 0 Å². The molecule has 1 aromatic heterocycles. The van der Waals surface area contributed by atoms with Gasteiger partial charge in [0.05, 0.1) is 0 Å². The quantitative estimate of drug-likeness (QED) is 0.591. The Balaban J connectivity index is 1.52. The first kappa shape index (κ1) is 24.2. The maximum absolute atomic E-state index is 13.4. The predicted octanol–water partition coefficient (Wildman–Crippen LogP) is 3.46. The molecule has 1 saturated heterocycles. The van der Waals surface area contributed by atoms with Crippen LogP contribution in [0.3, 0.4) is 0 Å². The van der Waals surface area contributed by atoms with Crippen molar-refractivity contribution >= 4 is 17.5 Å². The van der Waals surface area contributed by atoms with Gasteiger partial charge in [-0.05, 0) is 43.7 Å². The van der Waals surface area contributed by atoms with Crippen molar-refractivity contribution in [2.24, 2.45) is 0 Å². The van der Waals surface area contributed by atoms with E-state index < -0.39 is 11.3 Å². The maximum Gasteiger partial charge on any atom is 0.259 e. The van der Waals surface area contributed by atoms with Crippen LogP contribution >= 0.6 is 0 Å². The minimum atomic E-state index is -0.571. The third kappa shape index (κ3) is 5.59. The Morgan fingerprint density at radius 1 is 0.914 bits per heavy atom. The number of carbonyl (C=O) groups excluding carboxylic acids is 2. The molecule has 1 fully saturated rings. The van der Waals surface area contributed by atoms with Gasteiger partial charge in [0.1, 0.15) is 16.9 Å². The van der Waals surface area contributed by atoms with E-state index in [2.05, 4.69) is 10.2 Å². The summed E-state index contributed by atoms with van der Waals surface area (Å²) in [6.07, 6.45) is 3.05. The summed E-state index contributed by atoms with van der Waals surface area (Å²) in [6, 6.07) is 15.6. The average Bonchev–Trinajstić information content (AvgIpc) is 2.88. The van der Waals surface area contributed by atoms with E-state index in [0.717, 1.165) is 11.3 Å². The molecule has 2 aromatic carbocycles. The van der Waals surface area contributed by atoms with E-state index in [1.807, 2.05) is 44.2 Å². The van der Waals surface area contributed by atoms with Crippen molar-refractivity contribution in [3.8, 4) is 0 Å². The number of carbonyl (C=O) groups is 2. The summed E-state index contributed by atoms with van der Waals surface area (Å²) in [7, 11) is 0. The molecule has 8 heteroatoms. The number of pyridine rings is 1. The summed E-state index contributed by atoms with van der Waals surface area (Å²) in [6.45, 7) is 6.09. The molecule has 1 aliphatic heterocycles. The third-order valence-corrected chi connectivity index (χ3v) is 6.17. The second-order valence-corrected chi connectivity index (χ2v) is 8.88. The maximum atomic E-state index is 13.4. The van der Waals surface area contributed by atoms with Crippen LogP contribution in [0.4, 0.5) is 10.1 Å². The number of amides is 2. The highest BCUT2D eigenvalue weighted by atomic mass is 19.1. The van der Waals surface area contributed by atoms with Gasteiger partial charge in [-0.1, -0.05) is 30.3 Å². The zero-order chi connectivity index (χ0) is 24.9. The van der Waals surface area contributed by atoms with E-state index in [1.54, 1.807) is 21.6 Å². The van der Waals surface area contributed by atoms with E-state index in [-0.39, 0.29) is 35.4 Å². The van der Waals surface area contributed by atoms with Gasteiger partial charge in [-0.15, -0.1) is 0 Å². The third-order valence-electron chi connectivity index (χ3n) is 6.17. The number of nitrogens with one attached hydrogen (secondary N) is 1. The van der Waals surface area contributed by atoms with E-state index >= 15 is 0 Å². The molecule has 0 aliphatic carbocycles. The Labute approximate surface area is 203 Å². The van der Waals surface area contributed by atoms with E-state index in [0.29, 0.717) is 26.2 Å². The number of anilines is 1. The van der Waals surface area contributed by atoms with Gasteiger partial charge in [-0.25, -0.2) is 4.39 Å². The molecule has 0 unspecified atom stereocenters. The molecule has 35 heavy (non-hydrogen) atoms. The van der Waals surface area contributed by atoms with Gasteiger partial charge in [0.25, 0.3) is 11.8 Å². The van der Waals surface area contributed by atoms with Gasteiger partial charge in [-0.3, -0.25) is 14.4 Å². The van der Waals surface area contributed by atoms with Crippen molar-refractivity contribution in [1.29, 1.82) is 0 Å². The summed E-state index contributed by atoms with van der Waals surface area (Å²) < 4.78 is 15.0. The number of halogens is 1. The lowest BCUT2D eigenvalue weighted by molar-refractivity contribution is 0.0744. The number of hydrogen-bond donors (Lipinski definition) is 1. The lowest BCUT2D eigenvalue weighted by Crippen LogP contribution is -2.50. The standard InChI is InChI=1S/C27H29FN4O3/c1-19(2)32-17-23(26(34)29-16-20-6-4-3-5-7-20)25(33)24(18-32)27(35)31-14-12-30(13-15-31)22-10-8-21(28)9-11-22/h3-11,17-19H,12-16H2,1-2H3,(H,29,34). The molecule has 0 radical (unpaired) electrons. The summed E-state index contributed by atoms with van der Waals surface area (Å²) in [5, 5.41) is 2.79. The van der Waals surface area contributed by atoms with Crippen LogP contribution < -0.4 is 15.6 Å². The van der Waals surface area contributed by atoms with Crippen LogP contribution in [0.25, 0.3) is 0 Å². The van der Waals surface area contributed by atoms with Gasteiger partial charge in [0, 0.05) is 56.8 Å². The highest BCUT2D eigenvalue weighted by Gasteiger charge is 2.27. The fourth-order valence-corrected chi connectivity index (χ4v) is 4.07. The van der Waals surface area contributed by atoms with Gasteiger partial charge in [-0.2, -0.15) is 0 Å². The number of nitrogens with zero attached hydrogens (tertiary/aromatic N) is 3. The van der Waals surface area contributed by atoms with Crippen LogP contribution in [0.5, 0.6) is 0 Å². The van der Waals surface area contributed by atoms with Crippen molar-refractivity contribution in [1.82, 2.24) is 14.8 Å². The van der Waals surface area contributed by atoms with Crippen LogP contribution in [0.1, 0.15) is 46.2 Å². The number of rotatable bonds is 6. The molecule has 0 saturated carbocycles. The molecule has 0 atom stereocenters. The summed E-state index contributed by atoms with van der Waals surface area (Å²) in [5.74, 6) is -1.19. The van der Waals surface area contributed by atoms with Crippen LogP contribution in [0, 0.1) is 5.82 Å². The fraction of sp³-hybridized carbons (Fsp3) is 0.296. The highest BCUT2D eigenvalue weighted by Crippen LogP contribution is 2.18. The van der Waals surface area contributed by atoms with Crippen molar-refractivity contribution in [3.05, 3.63) is 99.7 Å². The molecule has 0 spiro atoms. The zero-order valence-corrected chi connectivity index (χ0v) is 19.9. The van der Waals surface area contributed by atoms with E-state index in [4.69, 9.17) is 0 Å². The van der Waals surface area contributed by atoms with Gasteiger partial charge in [0.15, 0.2) is 0 Å². The minimum Gasteiger partial charge on any atom is -0.368 e. The van der Waals surface area contributed by atoms with Gasteiger partial charge < -0.3 is 19.7 Å². The monoisotopic (exact) mass is 476 g/mol. The van der Waals surface area contributed by atoms with Gasteiger partial charge >= 0.3 is 0 Å². The number of aromatic nitrogens is 1. The number of hydrogen-bond acceptors (Lipinski definition) is 4. The summed E-state index contributed by atoms with van der Waals surface area (Å²) in [5.41, 5.74) is 1.17. The molecule has 4 rings (SSSR count). The molecule has 0 bridgehead atoms.